The van der Waals surface area contributed by atoms with E-state index < -0.39 is 11.5 Å². The lowest BCUT2D eigenvalue weighted by atomic mass is 9.98. The number of rotatable bonds is 1. The van der Waals surface area contributed by atoms with Gasteiger partial charge in [0.1, 0.15) is 11.4 Å². The molecule has 0 bridgehead atoms. The molecule has 5 heterocycles. The predicted octanol–water partition coefficient (Wildman–Crippen LogP) is 0.669. The number of aromatic nitrogens is 4. The third-order valence-corrected chi connectivity index (χ3v) is 5.37. The zero-order chi connectivity index (χ0) is 20.6. The third-order valence-electron chi connectivity index (χ3n) is 5.37. The van der Waals surface area contributed by atoms with Crippen LogP contribution in [0.3, 0.4) is 0 Å². The van der Waals surface area contributed by atoms with Crippen LogP contribution in [0, 0.1) is 6.92 Å². The summed E-state index contributed by atoms with van der Waals surface area (Å²) in [6, 6.07) is 1.95. The molecule has 2 aromatic heterocycles. The van der Waals surface area contributed by atoms with E-state index in [-0.39, 0.29) is 11.7 Å². The highest BCUT2D eigenvalue weighted by Gasteiger charge is 2.45. The van der Waals surface area contributed by atoms with E-state index >= 15 is 0 Å². The second-order valence-corrected chi connectivity index (χ2v) is 7.44. The summed E-state index contributed by atoms with van der Waals surface area (Å²) in [7, 11) is 1.81. The fourth-order valence-corrected chi connectivity index (χ4v) is 3.80. The summed E-state index contributed by atoms with van der Waals surface area (Å²) in [6.07, 6.45) is 3.88. The standard InChI is InChI=1S/C10H11N3O3.C9H13N3O/c11-8(14)9-12-3-6-4-16-10(7(6)13-9)1-2-15-5-10;1-7-6-8-11(2)9(13)4-3-5-12(8)10-7/h3H,1-2,4-5H2,(H2,11,14);6H,3-5H2,1-2H3. The summed E-state index contributed by atoms with van der Waals surface area (Å²) in [4.78, 5) is 32.3. The Hall–Kier alpha value is -2.85. The Labute approximate surface area is 168 Å². The number of nitrogens with two attached hydrogens (primary N) is 1. The lowest BCUT2D eigenvalue weighted by Gasteiger charge is -2.20. The second kappa shape index (κ2) is 7.53. The SMILES string of the molecule is Cc1cc2n(n1)CCCC(=O)N2C.NC(=O)c1ncc2c(n1)C1(CCOC1)OC2. The van der Waals surface area contributed by atoms with Gasteiger partial charge in [0.2, 0.25) is 11.7 Å². The van der Waals surface area contributed by atoms with Gasteiger partial charge in [-0.05, 0) is 13.3 Å². The van der Waals surface area contributed by atoms with Crippen LogP contribution in [0.1, 0.15) is 46.8 Å². The van der Waals surface area contributed by atoms with Crippen molar-refractivity contribution in [1.82, 2.24) is 19.7 Å². The highest BCUT2D eigenvalue weighted by atomic mass is 16.6. The highest BCUT2D eigenvalue weighted by Crippen LogP contribution is 2.40. The van der Waals surface area contributed by atoms with Gasteiger partial charge in [0, 0.05) is 50.9 Å². The van der Waals surface area contributed by atoms with Crippen LogP contribution in [-0.2, 0) is 33.0 Å². The molecule has 1 saturated heterocycles. The van der Waals surface area contributed by atoms with Crippen molar-refractivity contribution >= 4 is 17.6 Å². The first-order valence-electron chi connectivity index (χ1n) is 9.58. The molecule has 0 saturated carbocycles. The number of carbonyl (C=O) groups excluding carboxylic acids is 2. The van der Waals surface area contributed by atoms with Crippen LogP contribution in [0.2, 0.25) is 0 Å². The molecule has 1 unspecified atom stereocenters. The topological polar surface area (TPSA) is 125 Å². The van der Waals surface area contributed by atoms with E-state index in [1.54, 1.807) is 18.1 Å². The highest BCUT2D eigenvalue weighted by molar-refractivity contribution is 5.92. The molecule has 154 valence electrons. The quantitative estimate of drug-likeness (QED) is 0.746. The van der Waals surface area contributed by atoms with Gasteiger partial charge in [0.05, 0.1) is 24.6 Å². The van der Waals surface area contributed by atoms with E-state index in [0.29, 0.717) is 26.2 Å². The molecule has 3 aliphatic heterocycles. The molecular formula is C19H24N6O4. The van der Waals surface area contributed by atoms with Gasteiger partial charge in [-0.3, -0.25) is 9.59 Å². The van der Waals surface area contributed by atoms with Crippen LogP contribution < -0.4 is 10.6 Å². The van der Waals surface area contributed by atoms with Gasteiger partial charge in [0.15, 0.2) is 0 Å². The maximum Gasteiger partial charge on any atom is 0.286 e. The van der Waals surface area contributed by atoms with Gasteiger partial charge in [0.25, 0.3) is 5.91 Å². The largest absolute Gasteiger partial charge is 0.378 e. The molecule has 1 fully saturated rings. The van der Waals surface area contributed by atoms with Crippen LogP contribution in [0.5, 0.6) is 0 Å². The molecule has 0 aliphatic carbocycles. The summed E-state index contributed by atoms with van der Waals surface area (Å²) in [5.74, 6) is 0.512. The third kappa shape index (κ3) is 3.60. The number of amides is 2. The Morgan fingerprint density at radius 3 is 2.93 bits per heavy atom. The minimum Gasteiger partial charge on any atom is -0.378 e. The van der Waals surface area contributed by atoms with Crippen molar-refractivity contribution in [1.29, 1.82) is 0 Å². The summed E-state index contributed by atoms with van der Waals surface area (Å²) >= 11 is 0. The lowest BCUT2D eigenvalue weighted by Crippen LogP contribution is -2.28. The number of aryl methyl sites for hydroxylation is 2. The molecule has 2 amide bonds. The minimum atomic E-state index is -0.622. The fourth-order valence-electron chi connectivity index (χ4n) is 3.80. The first kappa shape index (κ1) is 19.5. The Morgan fingerprint density at radius 2 is 2.21 bits per heavy atom. The first-order valence-corrected chi connectivity index (χ1v) is 9.58. The molecule has 2 aromatic rings. The van der Waals surface area contributed by atoms with E-state index in [9.17, 15) is 9.59 Å². The molecule has 1 atom stereocenters. The molecule has 29 heavy (non-hydrogen) atoms. The zero-order valence-corrected chi connectivity index (χ0v) is 16.6. The monoisotopic (exact) mass is 400 g/mol. The molecule has 3 aliphatic rings. The molecule has 5 rings (SSSR count). The van der Waals surface area contributed by atoms with E-state index in [2.05, 4.69) is 15.1 Å². The van der Waals surface area contributed by atoms with Gasteiger partial charge in [-0.15, -0.1) is 0 Å². The van der Waals surface area contributed by atoms with Crippen molar-refractivity contribution < 1.29 is 19.1 Å². The Bertz CT molecular complexity index is 950. The molecule has 10 nitrogen and oxygen atoms in total. The van der Waals surface area contributed by atoms with Crippen molar-refractivity contribution in [2.45, 2.75) is 44.9 Å². The van der Waals surface area contributed by atoms with Crippen LogP contribution >= 0.6 is 0 Å². The Morgan fingerprint density at radius 1 is 1.38 bits per heavy atom. The number of primary amides is 1. The van der Waals surface area contributed by atoms with E-state index in [4.69, 9.17) is 15.2 Å². The molecule has 1 spiro atoms. The maximum atomic E-state index is 11.5. The zero-order valence-electron chi connectivity index (χ0n) is 16.6. The molecular weight excluding hydrogens is 376 g/mol. The van der Waals surface area contributed by atoms with Gasteiger partial charge in [-0.1, -0.05) is 0 Å². The first-order chi connectivity index (χ1) is 13.9. The van der Waals surface area contributed by atoms with E-state index in [1.165, 1.54) is 0 Å². The second-order valence-electron chi connectivity index (χ2n) is 7.44. The minimum absolute atomic E-state index is 0.0375. The molecule has 2 N–H and O–H groups in total. The van der Waals surface area contributed by atoms with Crippen LogP contribution in [0.15, 0.2) is 12.3 Å². The van der Waals surface area contributed by atoms with E-state index in [1.807, 2.05) is 17.7 Å². The summed E-state index contributed by atoms with van der Waals surface area (Å²) in [5, 5.41) is 4.32. The summed E-state index contributed by atoms with van der Waals surface area (Å²) < 4.78 is 13.0. The van der Waals surface area contributed by atoms with Crippen LogP contribution in [0.4, 0.5) is 5.82 Å². The van der Waals surface area contributed by atoms with Crippen molar-refractivity contribution in [3.63, 3.8) is 0 Å². The predicted molar refractivity (Wildman–Crippen MR) is 102 cm³/mol. The number of carbonyl (C=O) groups is 2. The average Bonchev–Trinajstić information content (AvgIpc) is 3.40. The lowest BCUT2D eigenvalue weighted by molar-refractivity contribution is -0.118. The maximum absolute atomic E-state index is 11.5. The van der Waals surface area contributed by atoms with E-state index in [0.717, 1.165) is 42.2 Å². The summed E-state index contributed by atoms with van der Waals surface area (Å²) in [6.45, 7) is 4.39. The molecule has 0 aromatic carbocycles. The number of ether oxygens (including phenoxy) is 2. The number of nitrogens with zero attached hydrogens (tertiary/aromatic N) is 5. The van der Waals surface area contributed by atoms with Crippen molar-refractivity contribution in [2.75, 3.05) is 25.2 Å². The Balaban J connectivity index is 0.000000145. The average molecular weight is 400 g/mol. The van der Waals surface area contributed by atoms with Crippen molar-refractivity contribution in [2.24, 2.45) is 5.73 Å². The number of hydrogen-bond donors (Lipinski definition) is 1. The van der Waals surface area contributed by atoms with Gasteiger partial charge in [-0.2, -0.15) is 5.10 Å². The number of fused-ring (bicyclic) bond motifs is 3. The van der Waals surface area contributed by atoms with Gasteiger partial charge < -0.3 is 20.1 Å². The molecule has 10 heteroatoms. The fraction of sp³-hybridized carbons (Fsp3) is 0.526. The normalized spacial score (nSPS) is 22.7. The molecule has 0 radical (unpaired) electrons. The van der Waals surface area contributed by atoms with Gasteiger partial charge in [-0.25, -0.2) is 14.6 Å². The van der Waals surface area contributed by atoms with Crippen LogP contribution in [-0.4, -0.2) is 51.8 Å². The summed E-state index contributed by atoms with van der Waals surface area (Å²) in [5.41, 5.74) is 7.31. The van der Waals surface area contributed by atoms with Crippen molar-refractivity contribution in [3.8, 4) is 0 Å². The smallest absolute Gasteiger partial charge is 0.286 e. The Kier molecular flexibility index (Phi) is 5.05. The number of anilines is 1. The number of hydrogen-bond acceptors (Lipinski definition) is 7. The van der Waals surface area contributed by atoms with Crippen molar-refractivity contribution in [3.05, 3.63) is 35.0 Å². The van der Waals surface area contributed by atoms with Crippen LogP contribution in [0.25, 0.3) is 0 Å². The van der Waals surface area contributed by atoms with Gasteiger partial charge >= 0.3 is 0 Å².